The van der Waals surface area contributed by atoms with Crippen molar-refractivity contribution in [2.75, 3.05) is 5.75 Å². The van der Waals surface area contributed by atoms with Gasteiger partial charge in [0.1, 0.15) is 0 Å². The zero-order chi connectivity index (χ0) is 11.0. The average Bonchev–Trinajstić information content (AvgIpc) is 2.00. The van der Waals surface area contributed by atoms with Crippen molar-refractivity contribution in [2.45, 2.75) is 72.0 Å². The van der Waals surface area contributed by atoms with Crippen LogP contribution in [0, 0.1) is 5.41 Å². The maximum absolute atomic E-state index is 2.33. The van der Waals surface area contributed by atoms with Crippen LogP contribution in [0.25, 0.3) is 0 Å². The van der Waals surface area contributed by atoms with Gasteiger partial charge in [-0.25, -0.2) is 0 Å². The van der Waals surface area contributed by atoms with Crippen molar-refractivity contribution in [1.29, 1.82) is 0 Å². The molecule has 0 atom stereocenters. The number of rotatable bonds is 7. The van der Waals surface area contributed by atoms with Crippen LogP contribution in [0.5, 0.6) is 0 Å². The van der Waals surface area contributed by atoms with Crippen molar-refractivity contribution in [2.24, 2.45) is 5.41 Å². The van der Waals surface area contributed by atoms with Gasteiger partial charge < -0.3 is 0 Å². The molecule has 0 aromatic carbocycles. The van der Waals surface area contributed by atoms with Crippen LogP contribution in [0.15, 0.2) is 0 Å². The molecule has 0 aliphatic heterocycles. The lowest BCUT2D eigenvalue weighted by atomic mass is 9.89. The quantitative estimate of drug-likeness (QED) is 0.532. The minimum Gasteiger partial charge on any atom is -0.159 e. The molecule has 0 bridgehead atoms. The largest absolute Gasteiger partial charge is 0.159 e. The molecular formula is C13H28S. The van der Waals surface area contributed by atoms with E-state index >= 15 is 0 Å². The van der Waals surface area contributed by atoms with Gasteiger partial charge in [-0.3, -0.25) is 0 Å². The van der Waals surface area contributed by atoms with Gasteiger partial charge in [0, 0.05) is 0 Å². The summed E-state index contributed by atoms with van der Waals surface area (Å²) in [4.78, 5) is 0. The molecule has 0 heterocycles. The Morgan fingerprint density at radius 1 is 0.929 bits per heavy atom. The lowest BCUT2D eigenvalue weighted by Gasteiger charge is -2.17. The van der Waals surface area contributed by atoms with Crippen LogP contribution >= 0.6 is 11.8 Å². The summed E-state index contributed by atoms with van der Waals surface area (Å²) in [5, 5.41) is 0.810. The molecule has 0 fully saturated rings. The van der Waals surface area contributed by atoms with Gasteiger partial charge in [-0.15, -0.1) is 0 Å². The van der Waals surface area contributed by atoms with Gasteiger partial charge >= 0.3 is 0 Å². The molecule has 14 heavy (non-hydrogen) atoms. The average molecular weight is 216 g/mol. The van der Waals surface area contributed by atoms with E-state index < -0.39 is 0 Å². The number of hydrogen-bond donors (Lipinski definition) is 0. The summed E-state index contributed by atoms with van der Waals surface area (Å²) in [6, 6.07) is 0. The number of unbranched alkanes of at least 4 members (excludes halogenated alkanes) is 3. The summed E-state index contributed by atoms with van der Waals surface area (Å²) in [6.45, 7) is 11.6. The molecule has 0 aliphatic carbocycles. The van der Waals surface area contributed by atoms with E-state index in [1.165, 1.54) is 37.9 Å². The second-order valence-electron chi connectivity index (χ2n) is 5.64. The topological polar surface area (TPSA) is 0 Å². The highest BCUT2D eigenvalue weighted by Gasteiger charge is 2.08. The highest BCUT2D eigenvalue weighted by molar-refractivity contribution is 7.99. The lowest BCUT2D eigenvalue weighted by Crippen LogP contribution is -2.03. The predicted octanol–water partition coefficient (Wildman–Crippen LogP) is 5.12. The summed E-state index contributed by atoms with van der Waals surface area (Å²) >= 11 is 2.09. The first-order valence-corrected chi connectivity index (χ1v) is 7.08. The van der Waals surface area contributed by atoms with E-state index in [1.807, 2.05) is 0 Å². The van der Waals surface area contributed by atoms with Gasteiger partial charge in [0.15, 0.2) is 0 Å². The fraction of sp³-hybridized carbons (Fsp3) is 1.00. The van der Waals surface area contributed by atoms with E-state index in [9.17, 15) is 0 Å². The molecule has 0 unspecified atom stereocenters. The highest BCUT2D eigenvalue weighted by atomic mass is 32.2. The molecule has 0 spiro atoms. The molecular weight excluding hydrogens is 188 g/mol. The van der Waals surface area contributed by atoms with Crippen molar-refractivity contribution in [1.82, 2.24) is 0 Å². The Bertz CT molecular complexity index is 122. The van der Waals surface area contributed by atoms with E-state index in [2.05, 4.69) is 46.4 Å². The van der Waals surface area contributed by atoms with Crippen molar-refractivity contribution in [3.63, 3.8) is 0 Å². The van der Waals surface area contributed by atoms with Gasteiger partial charge in [0.05, 0.1) is 0 Å². The normalized spacial score (nSPS) is 12.4. The minimum absolute atomic E-state index is 0.534. The molecule has 0 amide bonds. The van der Waals surface area contributed by atoms with E-state index in [4.69, 9.17) is 0 Å². The van der Waals surface area contributed by atoms with Gasteiger partial charge in [0.25, 0.3) is 0 Å². The highest BCUT2D eigenvalue weighted by Crippen LogP contribution is 2.22. The summed E-state index contributed by atoms with van der Waals surface area (Å²) in [7, 11) is 0. The van der Waals surface area contributed by atoms with Gasteiger partial charge in [-0.05, 0) is 29.3 Å². The third-order valence-corrected chi connectivity index (χ3v) is 3.46. The summed E-state index contributed by atoms with van der Waals surface area (Å²) in [6.07, 6.45) is 7.05. The first-order chi connectivity index (χ1) is 6.42. The Hall–Kier alpha value is 0.350. The molecule has 1 heteroatoms. The van der Waals surface area contributed by atoms with Crippen molar-refractivity contribution in [3.8, 4) is 0 Å². The fourth-order valence-corrected chi connectivity index (χ4v) is 2.27. The summed E-state index contributed by atoms with van der Waals surface area (Å²) in [5.74, 6) is 1.35. The van der Waals surface area contributed by atoms with Crippen LogP contribution in [-0.2, 0) is 0 Å². The van der Waals surface area contributed by atoms with Crippen molar-refractivity contribution in [3.05, 3.63) is 0 Å². The van der Waals surface area contributed by atoms with E-state index in [0.717, 1.165) is 5.25 Å². The van der Waals surface area contributed by atoms with Crippen LogP contribution in [0.4, 0.5) is 0 Å². The Kier molecular flexibility index (Phi) is 7.81. The molecule has 86 valence electrons. The molecule has 0 saturated carbocycles. The SMILES string of the molecule is CC(C)SCCCCCCC(C)(C)C. The first kappa shape index (κ1) is 14.3. The minimum atomic E-state index is 0.534. The monoisotopic (exact) mass is 216 g/mol. The first-order valence-electron chi connectivity index (χ1n) is 6.03. The van der Waals surface area contributed by atoms with Gasteiger partial charge in [-0.1, -0.05) is 53.9 Å². The van der Waals surface area contributed by atoms with E-state index in [-0.39, 0.29) is 0 Å². The molecule has 0 aliphatic rings. The maximum Gasteiger partial charge on any atom is -0.000968 e. The predicted molar refractivity (Wildman–Crippen MR) is 70.1 cm³/mol. The molecule has 0 aromatic heterocycles. The molecule has 0 radical (unpaired) electrons. The standard InChI is InChI=1S/C13H28S/c1-12(2)14-11-9-7-6-8-10-13(3,4)5/h12H,6-11H2,1-5H3. The maximum atomic E-state index is 2.33. The third kappa shape index (κ3) is 12.3. The Morgan fingerprint density at radius 2 is 1.50 bits per heavy atom. The van der Waals surface area contributed by atoms with Crippen LogP contribution in [-0.4, -0.2) is 11.0 Å². The zero-order valence-corrected chi connectivity index (χ0v) is 11.5. The molecule has 0 aromatic rings. The Labute approximate surface area is 95.2 Å². The number of thioether (sulfide) groups is 1. The van der Waals surface area contributed by atoms with Crippen LogP contribution in [0.3, 0.4) is 0 Å². The zero-order valence-electron chi connectivity index (χ0n) is 10.7. The summed E-state index contributed by atoms with van der Waals surface area (Å²) < 4.78 is 0. The Balaban J connectivity index is 3.07. The Morgan fingerprint density at radius 3 is 2.00 bits per heavy atom. The van der Waals surface area contributed by atoms with Gasteiger partial charge in [-0.2, -0.15) is 11.8 Å². The van der Waals surface area contributed by atoms with Gasteiger partial charge in [0.2, 0.25) is 0 Å². The fourth-order valence-electron chi connectivity index (χ4n) is 1.43. The van der Waals surface area contributed by atoms with E-state index in [0.29, 0.717) is 5.41 Å². The van der Waals surface area contributed by atoms with Crippen LogP contribution < -0.4 is 0 Å². The van der Waals surface area contributed by atoms with Crippen molar-refractivity contribution >= 4 is 11.8 Å². The second kappa shape index (κ2) is 7.62. The van der Waals surface area contributed by atoms with E-state index in [1.54, 1.807) is 0 Å². The molecule has 0 nitrogen and oxygen atoms in total. The molecule has 0 N–H and O–H groups in total. The molecule has 0 saturated heterocycles. The smallest absolute Gasteiger partial charge is 0.000968 e. The second-order valence-corrected chi connectivity index (χ2v) is 7.33. The molecule has 0 rings (SSSR count). The summed E-state index contributed by atoms with van der Waals surface area (Å²) in [5.41, 5.74) is 0.534. The van der Waals surface area contributed by atoms with Crippen LogP contribution in [0.2, 0.25) is 0 Å². The number of hydrogen-bond acceptors (Lipinski definition) is 1. The van der Waals surface area contributed by atoms with Crippen LogP contribution in [0.1, 0.15) is 66.7 Å². The third-order valence-electron chi connectivity index (χ3n) is 2.27. The lowest BCUT2D eigenvalue weighted by molar-refractivity contribution is 0.358. The van der Waals surface area contributed by atoms with Crippen molar-refractivity contribution < 1.29 is 0 Å².